The highest BCUT2D eigenvalue weighted by atomic mass is 32.2. The molecule has 6 heteroatoms. The topological polar surface area (TPSA) is 66.5 Å². The second-order valence-corrected chi connectivity index (χ2v) is 9.34. The maximum atomic E-state index is 12.7. The van der Waals surface area contributed by atoms with Crippen LogP contribution < -0.4 is 5.32 Å². The Labute approximate surface area is 151 Å². The predicted octanol–water partition coefficient (Wildman–Crippen LogP) is 3.27. The fourth-order valence-corrected chi connectivity index (χ4v) is 4.44. The maximum Gasteiger partial charge on any atom is 0.251 e. The Hall–Kier alpha value is -1.40. The van der Waals surface area contributed by atoms with Crippen LogP contribution in [0, 0.1) is 11.8 Å². The first kappa shape index (κ1) is 19.9. The van der Waals surface area contributed by atoms with E-state index in [9.17, 15) is 13.2 Å². The molecule has 0 radical (unpaired) electrons. The quantitative estimate of drug-likeness (QED) is 0.753. The average molecular weight is 367 g/mol. The summed E-state index contributed by atoms with van der Waals surface area (Å²) >= 11 is 0. The predicted molar refractivity (Wildman–Crippen MR) is 100 cm³/mol. The monoisotopic (exact) mass is 366 g/mol. The van der Waals surface area contributed by atoms with Crippen molar-refractivity contribution in [1.29, 1.82) is 0 Å². The number of carbonyl (C=O) groups is 1. The van der Waals surface area contributed by atoms with Crippen LogP contribution >= 0.6 is 0 Å². The highest BCUT2D eigenvalue weighted by molar-refractivity contribution is 7.89. The first-order chi connectivity index (χ1) is 11.8. The van der Waals surface area contributed by atoms with Gasteiger partial charge >= 0.3 is 0 Å². The second kappa shape index (κ2) is 8.81. The van der Waals surface area contributed by atoms with Gasteiger partial charge in [-0.25, -0.2) is 8.42 Å². The SMILES string of the molecule is CC(C)CCCNC(=O)c1ccc(S(=O)(=O)N2CCC(C)CC2)cc1. The van der Waals surface area contributed by atoms with Crippen molar-refractivity contribution in [3.8, 4) is 0 Å². The zero-order chi connectivity index (χ0) is 18.4. The van der Waals surface area contributed by atoms with Gasteiger partial charge in [-0.05, 0) is 61.8 Å². The van der Waals surface area contributed by atoms with Gasteiger partial charge in [-0.1, -0.05) is 20.8 Å². The molecule has 0 unspecified atom stereocenters. The number of piperidine rings is 1. The van der Waals surface area contributed by atoms with E-state index < -0.39 is 10.0 Å². The van der Waals surface area contributed by atoms with E-state index in [1.165, 1.54) is 12.1 Å². The lowest BCUT2D eigenvalue weighted by Gasteiger charge is -2.29. The number of carbonyl (C=O) groups excluding carboxylic acids is 1. The first-order valence-electron chi connectivity index (χ1n) is 9.19. The van der Waals surface area contributed by atoms with Crippen LogP contribution in [-0.2, 0) is 10.0 Å². The zero-order valence-electron chi connectivity index (χ0n) is 15.5. The number of amides is 1. The Bertz CT molecular complexity index is 660. The van der Waals surface area contributed by atoms with Crippen LogP contribution in [0.15, 0.2) is 29.2 Å². The van der Waals surface area contributed by atoms with Gasteiger partial charge in [-0.2, -0.15) is 4.31 Å². The number of nitrogens with one attached hydrogen (secondary N) is 1. The lowest BCUT2D eigenvalue weighted by atomic mass is 10.0. The van der Waals surface area contributed by atoms with Crippen molar-refractivity contribution in [2.24, 2.45) is 11.8 Å². The molecule has 1 heterocycles. The highest BCUT2D eigenvalue weighted by Crippen LogP contribution is 2.23. The minimum atomic E-state index is -3.46. The molecule has 1 aliphatic heterocycles. The van der Waals surface area contributed by atoms with Crippen molar-refractivity contribution in [3.63, 3.8) is 0 Å². The van der Waals surface area contributed by atoms with Gasteiger partial charge in [0.05, 0.1) is 4.90 Å². The van der Waals surface area contributed by atoms with E-state index >= 15 is 0 Å². The number of rotatable bonds is 7. The van der Waals surface area contributed by atoms with E-state index in [-0.39, 0.29) is 10.8 Å². The molecule has 2 rings (SSSR count). The number of benzene rings is 1. The largest absolute Gasteiger partial charge is 0.352 e. The molecule has 25 heavy (non-hydrogen) atoms. The minimum absolute atomic E-state index is 0.153. The van der Waals surface area contributed by atoms with E-state index in [1.807, 2.05) is 0 Å². The van der Waals surface area contributed by atoms with Crippen molar-refractivity contribution in [1.82, 2.24) is 9.62 Å². The van der Waals surface area contributed by atoms with Gasteiger partial charge in [0, 0.05) is 25.2 Å². The molecule has 140 valence electrons. The standard InChI is InChI=1S/C19H30N2O3S/c1-15(2)5-4-12-20-19(22)17-6-8-18(9-7-17)25(23,24)21-13-10-16(3)11-14-21/h6-9,15-16H,4-5,10-14H2,1-3H3,(H,20,22). The molecule has 1 N–H and O–H groups in total. The number of nitrogens with zero attached hydrogens (tertiary/aromatic N) is 1. The highest BCUT2D eigenvalue weighted by Gasteiger charge is 2.28. The molecule has 0 saturated carbocycles. The molecule has 1 aromatic rings. The Kier molecular flexibility index (Phi) is 7.02. The molecule has 0 spiro atoms. The smallest absolute Gasteiger partial charge is 0.251 e. The van der Waals surface area contributed by atoms with Crippen LogP contribution in [0.5, 0.6) is 0 Å². The molecule has 1 aromatic carbocycles. The van der Waals surface area contributed by atoms with Crippen LogP contribution in [0.1, 0.15) is 56.8 Å². The van der Waals surface area contributed by atoms with Gasteiger partial charge in [-0.3, -0.25) is 4.79 Å². The van der Waals surface area contributed by atoms with Gasteiger partial charge in [-0.15, -0.1) is 0 Å². The number of hydrogen-bond acceptors (Lipinski definition) is 3. The molecule has 0 aliphatic carbocycles. The molecule has 1 aliphatic rings. The number of sulfonamides is 1. The van der Waals surface area contributed by atoms with E-state index in [2.05, 4.69) is 26.1 Å². The Morgan fingerprint density at radius 1 is 1.20 bits per heavy atom. The summed E-state index contributed by atoms with van der Waals surface area (Å²) in [5, 5.41) is 2.88. The fraction of sp³-hybridized carbons (Fsp3) is 0.632. The third-order valence-electron chi connectivity index (χ3n) is 4.74. The third-order valence-corrected chi connectivity index (χ3v) is 6.65. The summed E-state index contributed by atoms with van der Waals surface area (Å²) in [5.41, 5.74) is 0.496. The molecule has 0 bridgehead atoms. The van der Waals surface area contributed by atoms with Gasteiger partial charge in [0.15, 0.2) is 0 Å². The Morgan fingerprint density at radius 3 is 2.36 bits per heavy atom. The maximum absolute atomic E-state index is 12.7. The summed E-state index contributed by atoms with van der Waals surface area (Å²) in [6.07, 6.45) is 3.82. The molecule has 5 nitrogen and oxygen atoms in total. The van der Waals surface area contributed by atoms with Gasteiger partial charge < -0.3 is 5.32 Å². The van der Waals surface area contributed by atoms with Crippen LogP contribution in [0.4, 0.5) is 0 Å². The van der Waals surface area contributed by atoms with Crippen molar-refractivity contribution < 1.29 is 13.2 Å². The fourth-order valence-electron chi connectivity index (χ4n) is 2.97. The molecular formula is C19H30N2O3S. The average Bonchev–Trinajstić information content (AvgIpc) is 2.59. The molecule has 1 saturated heterocycles. The normalized spacial score (nSPS) is 17.0. The van der Waals surface area contributed by atoms with Crippen LogP contribution in [0.3, 0.4) is 0 Å². The molecule has 1 amide bonds. The van der Waals surface area contributed by atoms with Gasteiger partial charge in [0.25, 0.3) is 5.91 Å². The summed E-state index contributed by atoms with van der Waals surface area (Å²) in [5.74, 6) is 1.05. The van der Waals surface area contributed by atoms with Crippen LogP contribution in [-0.4, -0.2) is 38.3 Å². The van der Waals surface area contributed by atoms with Gasteiger partial charge in [0.2, 0.25) is 10.0 Å². The molecule has 0 atom stereocenters. The molecule has 1 fully saturated rings. The summed E-state index contributed by atoms with van der Waals surface area (Å²) in [6.45, 7) is 8.25. The lowest BCUT2D eigenvalue weighted by Crippen LogP contribution is -2.37. The first-order valence-corrected chi connectivity index (χ1v) is 10.6. The van der Waals surface area contributed by atoms with Crippen LogP contribution in [0.25, 0.3) is 0 Å². The van der Waals surface area contributed by atoms with Crippen molar-refractivity contribution >= 4 is 15.9 Å². The molecular weight excluding hydrogens is 336 g/mol. The lowest BCUT2D eigenvalue weighted by molar-refractivity contribution is 0.0952. The van der Waals surface area contributed by atoms with Crippen molar-refractivity contribution in [2.75, 3.05) is 19.6 Å². The van der Waals surface area contributed by atoms with E-state index in [4.69, 9.17) is 0 Å². The summed E-state index contributed by atoms with van der Waals surface area (Å²) in [6, 6.07) is 6.27. The van der Waals surface area contributed by atoms with E-state index in [1.54, 1.807) is 16.4 Å². The third kappa shape index (κ3) is 5.54. The number of hydrogen-bond donors (Lipinski definition) is 1. The van der Waals surface area contributed by atoms with Gasteiger partial charge in [0.1, 0.15) is 0 Å². The molecule has 0 aromatic heterocycles. The Morgan fingerprint density at radius 2 is 1.80 bits per heavy atom. The summed E-state index contributed by atoms with van der Waals surface area (Å²) in [4.78, 5) is 12.4. The minimum Gasteiger partial charge on any atom is -0.352 e. The summed E-state index contributed by atoms with van der Waals surface area (Å²) in [7, 11) is -3.46. The van der Waals surface area contributed by atoms with Crippen molar-refractivity contribution in [3.05, 3.63) is 29.8 Å². The van der Waals surface area contributed by atoms with E-state index in [0.717, 1.165) is 25.7 Å². The summed E-state index contributed by atoms with van der Waals surface area (Å²) < 4.78 is 26.9. The zero-order valence-corrected chi connectivity index (χ0v) is 16.3. The Balaban J connectivity index is 1.95. The van der Waals surface area contributed by atoms with Crippen molar-refractivity contribution in [2.45, 2.75) is 51.3 Å². The van der Waals surface area contributed by atoms with E-state index in [0.29, 0.717) is 37.0 Å². The van der Waals surface area contributed by atoms with Crippen LogP contribution in [0.2, 0.25) is 0 Å². The second-order valence-electron chi connectivity index (χ2n) is 7.40.